The van der Waals surface area contributed by atoms with Gasteiger partial charge in [0, 0.05) is 26.9 Å². The molecular weight excluding hydrogens is 459 g/mol. The Morgan fingerprint density at radius 3 is 2.81 bits per heavy atom. The molecule has 3 unspecified atom stereocenters. The van der Waals surface area contributed by atoms with Crippen LogP contribution in [-0.2, 0) is 16.5 Å². The maximum absolute atomic E-state index is 11.9. The highest BCUT2D eigenvalue weighted by Crippen LogP contribution is 2.28. The van der Waals surface area contributed by atoms with Gasteiger partial charge in [-0.2, -0.15) is 23.3 Å². The number of rotatable bonds is 6. The van der Waals surface area contributed by atoms with Gasteiger partial charge in [-0.3, -0.25) is 9.40 Å². The monoisotopic (exact) mass is 481 g/mol. The van der Waals surface area contributed by atoms with Crippen LogP contribution in [0.5, 0.6) is 0 Å². The Hall–Kier alpha value is -1.80. The summed E-state index contributed by atoms with van der Waals surface area (Å²) >= 11 is 6.54. The lowest BCUT2D eigenvalue weighted by Crippen LogP contribution is -2.37. The molecule has 31 heavy (non-hydrogen) atoms. The average molecular weight is 482 g/mol. The van der Waals surface area contributed by atoms with Crippen LogP contribution in [0.25, 0.3) is 0 Å². The van der Waals surface area contributed by atoms with E-state index in [1.807, 2.05) is 13.2 Å². The predicted molar refractivity (Wildman–Crippen MR) is 113 cm³/mol. The average Bonchev–Trinajstić information content (AvgIpc) is 3.42. The summed E-state index contributed by atoms with van der Waals surface area (Å²) in [5.41, 5.74) is 0.826. The second-order valence-corrected chi connectivity index (χ2v) is 8.01. The summed E-state index contributed by atoms with van der Waals surface area (Å²) in [5, 5.41) is 10.4. The molecule has 0 aromatic carbocycles. The van der Waals surface area contributed by atoms with E-state index in [2.05, 4.69) is 30.4 Å². The maximum Gasteiger partial charge on any atom is 0.399 e. The fourth-order valence-electron chi connectivity index (χ4n) is 3.02. The van der Waals surface area contributed by atoms with Crippen molar-refractivity contribution in [2.45, 2.75) is 30.8 Å². The van der Waals surface area contributed by atoms with Gasteiger partial charge in [-0.05, 0) is 6.42 Å². The number of nitrogens with zero attached hydrogens (tertiary/aromatic N) is 4. The maximum atomic E-state index is 11.9. The number of nitrogens with one attached hydrogen (secondary N) is 3. The predicted octanol–water partition coefficient (Wildman–Crippen LogP) is 2.99. The molecule has 14 heteroatoms. The summed E-state index contributed by atoms with van der Waals surface area (Å²) in [6.45, 7) is 1.07. The molecule has 9 nitrogen and oxygen atoms in total. The van der Waals surface area contributed by atoms with E-state index < -0.39 is 11.9 Å². The lowest BCUT2D eigenvalue weighted by atomic mass is 10.1. The molecule has 0 aliphatic carbocycles. The van der Waals surface area contributed by atoms with Gasteiger partial charge in [-0.25, -0.2) is 4.98 Å². The molecule has 0 bridgehead atoms. The quantitative estimate of drug-likeness (QED) is 0.538. The molecule has 4 rings (SSSR count). The van der Waals surface area contributed by atoms with Crippen molar-refractivity contribution in [3.05, 3.63) is 23.6 Å². The van der Waals surface area contributed by atoms with Gasteiger partial charge in [0.2, 0.25) is 5.95 Å². The van der Waals surface area contributed by atoms with Crippen LogP contribution in [0.4, 0.5) is 30.6 Å². The number of aryl methyl sites for hydroxylation is 1. The van der Waals surface area contributed by atoms with Gasteiger partial charge in [-0.1, -0.05) is 23.5 Å². The second-order valence-electron chi connectivity index (χ2n) is 6.79. The summed E-state index contributed by atoms with van der Waals surface area (Å²) in [4.78, 5) is 8.25. The fraction of sp³-hybridized carbons (Fsp3) is 0.588. The van der Waals surface area contributed by atoms with Crippen LogP contribution in [0.2, 0.25) is 5.02 Å². The normalized spacial score (nSPS) is 22.6. The zero-order valence-corrected chi connectivity index (χ0v) is 18.4. The molecule has 3 atom stereocenters. The van der Waals surface area contributed by atoms with Crippen LogP contribution in [0, 0.1) is 0 Å². The highest BCUT2D eigenvalue weighted by Gasteiger charge is 2.42. The van der Waals surface area contributed by atoms with Gasteiger partial charge in [0.1, 0.15) is 22.7 Å². The van der Waals surface area contributed by atoms with Crippen molar-refractivity contribution in [1.82, 2.24) is 24.5 Å². The summed E-state index contributed by atoms with van der Waals surface area (Å²) in [6, 6.07) is -0.121. The standard InChI is InChI=1S/C9H11ClN6.C8H12F3NO2S/c1-11-8-7(10)4-12-9(15-8)14-6-3-13-16(2)5-6;9-8(10,11)4-15-12-5-3-14-6-1-2-13-7(5)6/h3-5H,1-2H3,(H2,11,12,14,15);5-7,12H,1-4H2. The highest BCUT2D eigenvalue weighted by atomic mass is 35.5. The molecule has 2 aromatic heterocycles. The molecule has 172 valence electrons. The van der Waals surface area contributed by atoms with Crippen molar-refractivity contribution in [1.29, 1.82) is 0 Å². The second kappa shape index (κ2) is 10.7. The molecule has 2 aliphatic rings. The first-order valence-corrected chi connectivity index (χ1v) is 10.7. The Bertz CT molecular complexity index is 857. The summed E-state index contributed by atoms with van der Waals surface area (Å²) < 4.78 is 50.9. The van der Waals surface area contributed by atoms with Crippen molar-refractivity contribution >= 4 is 41.0 Å². The number of halogens is 4. The number of ether oxygens (including phenoxy) is 2. The van der Waals surface area contributed by atoms with E-state index in [0.29, 0.717) is 42.0 Å². The van der Waals surface area contributed by atoms with Crippen LogP contribution < -0.4 is 15.4 Å². The molecule has 2 fully saturated rings. The topological polar surface area (TPSA) is 98.2 Å². The van der Waals surface area contributed by atoms with E-state index in [0.717, 1.165) is 12.1 Å². The number of anilines is 3. The summed E-state index contributed by atoms with van der Waals surface area (Å²) in [7, 11) is 3.59. The van der Waals surface area contributed by atoms with Crippen molar-refractivity contribution in [2.75, 3.05) is 36.6 Å². The first-order chi connectivity index (χ1) is 14.7. The minimum atomic E-state index is -4.13. The van der Waals surface area contributed by atoms with Crippen LogP contribution in [0.1, 0.15) is 6.42 Å². The third-order valence-electron chi connectivity index (χ3n) is 4.38. The van der Waals surface area contributed by atoms with Crippen LogP contribution in [0.15, 0.2) is 18.6 Å². The van der Waals surface area contributed by atoms with Crippen LogP contribution in [-0.4, -0.2) is 70.2 Å². The molecule has 4 heterocycles. The minimum Gasteiger partial charge on any atom is -0.374 e. The Morgan fingerprint density at radius 1 is 1.32 bits per heavy atom. The summed E-state index contributed by atoms with van der Waals surface area (Å²) in [6.07, 6.45) is 1.76. The molecule has 2 aliphatic heterocycles. The number of fused-ring (bicyclic) bond motifs is 1. The minimum absolute atomic E-state index is 0.0639. The highest BCUT2D eigenvalue weighted by molar-refractivity contribution is 7.97. The van der Waals surface area contributed by atoms with Gasteiger partial charge in [0.05, 0.1) is 36.8 Å². The van der Waals surface area contributed by atoms with Gasteiger partial charge in [-0.15, -0.1) is 0 Å². The first-order valence-electron chi connectivity index (χ1n) is 9.38. The van der Waals surface area contributed by atoms with Crippen molar-refractivity contribution in [3.63, 3.8) is 0 Å². The van der Waals surface area contributed by atoms with E-state index >= 15 is 0 Å². The number of hydrogen-bond acceptors (Lipinski definition) is 9. The van der Waals surface area contributed by atoms with E-state index in [1.54, 1.807) is 24.1 Å². The number of hydrogen-bond donors (Lipinski definition) is 3. The molecule has 0 spiro atoms. The van der Waals surface area contributed by atoms with Gasteiger partial charge in [0.25, 0.3) is 0 Å². The molecular formula is C17H23ClF3N7O2S. The van der Waals surface area contributed by atoms with E-state index in [9.17, 15) is 13.2 Å². The molecule has 2 aromatic rings. The lowest BCUT2D eigenvalue weighted by Gasteiger charge is -2.17. The molecule has 3 N–H and O–H groups in total. The molecule has 0 amide bonds. The van der Waals surface area contributed by atoms with Crippen molar-refractivity contribution < 1.29 is 22.6 Å². The van der Waals surface area contributed by atoms with Gasteiger partial charge >= 0.3 is 6.18 Å². The summed E-state index contributed by atoms with van der Waals surface area (Å²) in [5.74, 6) is 0.172. The number of alkyl halides is 3. The van der Waals surface area contributed by atoms with Crippen molar-refractivity contribution in [3.8, 4) is 0 Å². The Balaban J connectivity index is 0.000000176. The van der Waals surface area contributed by atoms with E-state index in [-0.39, 0.29) is 18.2 Å². The third kappa shape index (κ3) is 7.10. The Morgan fingerprint density at radius 2 is 2.13 bits per heavy atom. The van der Waals surface area contributed by atoms with E-state index in [4.69, 9.17) is 21.1 Å². The smallest absolute Gasteiger partial charge is 0.374 e. The lowest BCUT2D eigenvalue weighted by molar-refractivity contribution is -0.105. The zero-order valence-electron chi connectivity index (χ0n) is 16.8. The van der Waals surface area contributed by atoms with Crippen LogP contribution in [0.3, 0.4) is 0 Å². The number of aromatic nitrogens is 4. The SMILES string of the molecule is CNc1nc(Nc2cnn(C)c2)ncc1Cl.FC(F)(F)CSNC1COC2CCOC12. The van der Waals surface area contributed by atoms with Gasteiger partial charge in [0.15, 0.2) is 0 Å². The Kier molecular flexibility index (Phi) is 8.22. The Labute approximate surface area is 186 Å². The largest absolute Gasteiger partial charge is 0.399 e. The molecule has 0 saturated carbocycles. The fourth-order valence-corrected chi connectivity index (χ4v) is 3.87. The molecule has 2 saturated heterocycles. The van der Waals surface area contributed by atoms with Crippen LogP contribution >= 0.6 is 23.5 Å². The zero-order chi connectivity index (χ0) is 22.4. The third-order valence-corrected chi connectivity index (χ3v) is 5.60. The van der Waals surface area contributed by atoms with E-state index in [1.165, 1.54) is 0 Å². The molecule has 0 radical (unpaired) electrons. The van der Waals surface area contributed by atoms with Crippen molar-refractivity contribution in [2.24, 2.45) is 7.05 Å². The first kappa shape index (κ1) is 23.9. The van der Waals surface area contributed by atoms with Gasteiger partial charge < -0.3 is 20.1 Å².